The SMILES string of the molecule is Cc1cccc(C(=O)O[C@@H](C(=O)O)[C@@H](OC(=O)c2cccc(C)c2)C(=O)Nc2cccc(Br)c2)c1. The van der Waals surface area contributed by atoms with Crippen molar-refractivity contribution in [2.75, 3.05) is 5.32 Å². The minimum atomic E-state index is -2.11. The molecule has 0 saturated carbocycles. The van der Waals surface area contributed by atoms with E-state index in [4.69, 9.17) is 9.47 Å². The molecule has 8 nitrogen and oxygen atoms in total. The van der Waals surface area contributed by atoms with Gasteiger partial charge in [-0.05, 0) is 56.3 Å². The van der Waals surface area contributed by atoms with E-state index in [1.165, 1.54) is 24.3 Å². The Hall–Kier alpha value is -3.98. The summed E-state index contributed by atoms with van der Waals surface area (Å²) in [7, 11) is 0. The van der Waals surface area contributed by atoms with Crippen molar-refractivity contribution in [2.24, 2.45) is 0 Å². The number of aryl methyl sites for hydroxylation is 2. The number of hydrogen-bond donors (Lipinski definition) is 2. The van der Waals surface area contributed by atoms with Gasteiger partial charge >= 0.3 is 17.9 Å². The Morgan fingerprint density at radius 3 is 1.77 bits per heavy atom. The van der Waals surface area contributed by atoms with Crippen molar-refractivity contribution >= 4 is 45.4 Å². The van der Waals surface area contributed by atoms with E-state index in [1.54, 1.807) is 62.4 Å². The highest BCUT2D eigenvalue weighted by Crippen LogP contribution is 2.19. The van der Waals surface area contributed by atoms with Crippen LogP contribution in [0, 0.1) is 13.8 Å². The van der Waals surface area contributed by atoms with Gasteiger partial charge in [0.15, 0.2) is 0 Å². The van der Waals surface area contributed by atoms with Crippen LogP contribution in [0.15, 0.2) is 77.3 Å². The number of hydrogen-bond acceptors (Lipinski definition) is 6. The Morgan fingerprint density at radius 2 is 1.29 bits per heavy atom. The highest BCUT2D eigenvalue weighted by Gasteiger charge is 2.41. The van der Waals surface area contributed by atoms with Crippen LogP contribution >= 0.6 is 15.9 Å². The summed E-state index contributed by atoms with van der Waals surface area (Å²) in [4.78, 5) is 50.7. The summed E-state index contributed by atoms with van der Waals surface area (Å²) in [6.07, 6.45) is -4.09. The summed E-state index contributed by atoms with van der Waals surface area (Å²) in [5.74, 6) is -4.56. The van der Waals surface area contributed by atoms with Crippen LogP contribution in [0.4, 0.5) is 5.69 Å². The topological polar surface area (TPSA) is 119 Å². The van der Waals surface area contributed by atoms with Crippen molar-refractivity contribution in [1.29, 1.82) is 0 Å². The summed E-state index contributed by atoms with van der Waals surface area (Å²) in [5.41, 5.74) is 2.03. The maximum Gasteiger partial charge on any atom is 0.349 e. The number of nitrogens with one attached hydrogen (secondary N) is 1. The minimum absolute atomic E-state index is 0.0902. The molecule has 180 valence electrons. The Morgan fingerprint density at radius 1 is 0.771 bits per heavy atom. The first-order valence-corrected chi connectivity index (χ1v) is 11.3. The van der Waals surface area contributed by atoms with E-state index in [2.05, 4.69) is 21.2 Å². The number of benzene rings is 3. The van der Waals surface area contributed by atoms with Crippen molar-refractivity contribution in [3.05, 3.63) is 99.5 Å². The lowest BCUT2D eigenvalue weighted by atomic mass is 10.1. The fourth-order valence-electron chi connectivity index (χ4n) is 3.18. The lowest BCUT2D eigenvalue weighted by Gasteiger charge is -2.23. The number of ether oxygens (including phenoxy) is 2. The third kappa shape index (κ3) is 7.00. The summed E-state index contributed by atoms with van der Waals surface area (Å²) >= 11 is 3.28. The second-order valence-electron chi connectivity index (χ2n) is 7.73. The Balaban J connectivity index is 1.92. The van der Waals surface area contributed by atoms with Gasteiger partial charge in [-0.1, -0.05) is 57.4 Å². The van der Waals surface area contributed by atoms with Crippen molar-refractivity contribution in [2.45, 2.75) is 26.1 Å². The van der Waals surface area contributed by atoms with E-state index >= 15 is 0 Å². The number of carbonyl (C=O) groups is 4. The molecule has 2 N–H and O–H groups in total. The average molecular weight is 540 g/mol. The Kier molecular flexibility index (Phi) is 8.38. The van der Waals surface area contributed by atoms with Gasteiger partial charge in [-0.2, -0.15) is 0 Å². The van der Waals surface area contributed by atoms with Crippen molar-refractivity contribution in [3.63, 3.8) is 0 Å². The number of carboxylic acids is 1. The molecular weight excluding hydrogens is 518 g/mol. The quantitative estimate of drug-likeness (QED) is 0.403. The zero-order valence-electron chi connectivity index (χ0n) is 18.9. The molecule has 0 aliphatic rings. The molecule has 9 heteroatoms. The van der Waals surface area contributed by atoms with E-state index in [1.807, 2.05) is 0 Å². The van der Waals surface area contributed by atoms with Gasteiger partial charge in [-0.25, -0.2) is 14.4 Å². The maximum atomic E-state index is 13.1. The van der Waals surface area contributed by atoms with E-state index < -0.39 is 36.0 Å². The zero-order valence-corrected chi connectivity index (χ0v) is 20.4. The van der Waals surface area contributed by atoms with Crippen LogP contribution in [0.25, 0.3) is 0 Å². The number of amides is 1. The minimum Gasteiger partial charge on any atom is -0.478 e. The van der Waals surface area contributed by atoms with Crippen LogP contribution in [-0.4, -0.2) is 41.1 Å². The Labute approximate surface area is 210 Å². The van der Waals surface area contributed by atoms with Crippen LogP contribution in [-0.2, 0) is 19.1 Å². The van der Waals surface area contributed by atoms with Crippen molar-refractivity contribution < 1.29 is 33.8 Å². The van der Waals surface area contributed by atoms with Gasteiger partial charge in [0.1, 0.15) is 0 Å². The normalized spacial score (nSPS) is 12.2. The molecule has 2 atom stereocenters. The molecule has 0 heterocycles. The maximum absolute atomic E-state index is 13.1. The highest BCUT2D eigenvalue weighted by atomic mass is 79.9. The molecule has 0 aromatic heterocycles. The first-order valence-electron chi connectivity index (χ1n) is 10.5. The van der Waals surface area contributed by atoms with Gasteiger partial charge in [0.05, 0.1) is 11.1 Å². The first kappa shape index (κ1) is 25.6. The molecule has 0 aliphatic carbocycles. The van der Waals surface area contributed by atoms with Crippen LogP contribution in [0.5, 0.6) is 0 Å². The monoisotopic (exact) mass is 539 g/mol. The highest BCUT2D eigenvalue weighted by molar-refractivity contribution is 9.10. The molecule has 35 heavy (non-hydrogen) atoms. The van der Waals surface area contributed by atoms with Crippen LogP contribution in [0.2, 0.25) is 0 Å². The van der Waals surface area contributed by atoms with Gasteiger partial charge in [-0.3, -0.25) is 4.79 Å². The molecule has 1 amide bonds. The number of esters is 2. The number of aliphatic carboxylic acids is 1. The van der Waals surface area contributed by atoms with Gasteiger partial charge in [0.2, 0.25) is 12.2 Å². The number of carboxylic acid groups (broad SMARTS) is 1. The summed E-state index contributed by atoms with van der Waals surface area (Å²) in [6.45, 7) is 3.52. The van der Waals surface area contributed by atoms with E-state index in [0.29, 0.717) is 10.2 Å². The van der Waals surface area contributed by atoms with Gasteiger partial charge in [0, 0.05) is 10.2 Å². The summed E-state index contributed by atoms with van der Waals surface area (Å²) in [6, 6.07) is 19.2. The third-order valence-electron chi connectivity index (χ3n) is 4.84. The molecule has 3 rings (SSSR count). The van der Waals surface area contributed by atoms with Crippen molar-refractivity contribution in [3.8, 4) is 0 Å². The molecule has 3 aromatic rings. The average Bonchev–Trinajstić information content (AvgIpc) is 2.80. The van der Waals surface area contributed by atoms with Crippen LogP contribution < -0.4 is 5.32 Å². The van der Waals surface area contributed by atoms with Gasteiger partial charge in [-0.15, -0.1) is 0 Å². The summed E-state index contributed by atoms with van der Waals surface area (Å²) in [5, 5.41) is 12.3. The lowest BCUT2D eigenvalue weighted by Crippen LogP contribution is -2.48. The molecule has 0 spiro atoms. The van der Waals surface area contributed by atoms with Gasteiger partial charge in [0.25, 0.3) is 5.91 Å². The number of anilines is 1. The second kappa shape index (κ2) is 11.4. The number of halogens is 1. The molecule has 0 aliphatic heterocycles. The molecule has 3 aromatic carbocycles. The summed E-state index contributed by atoms with van der Waals surface area (Å²) < 4.78 is 11.1. The first-order chi connectivity index (χ1) is 16.6. The van der Waals surface area contributed by atoms with Crippen molar-refractivity contribution in [1.82, 2.24) is 0 Å². The number of carbonyl (C=O) groups excluding carboxylic acids is 3. The predicted molar refractivity (Wildman–Crippen MR) is 131 cm³/mol. The predicted octanol–water partition coefficient (Wildman–Crippen LogP) is 4.54. The molecule has 0 unspecified atom stereocenters. The lowest BCUT2D eigenvalue weighted by molar-refractivity contribution is -0.157. The molecule has 0 bridgehead atoms. The second-order valence-corrected chi connectivity index (χ2v) is 8.64. The third-order valence-corrected chi connectivity index (χ3v) is 5.34. The van der Waals surface area contributed by atoms with E-state index in [-0.39, 0.29) is 11.1 Å². The fraction of sp³-hybridized carbons (Fsp3) is 0.154. The van der Waals surface area contributed by atoms with E-state index in [9.17, 15) is 24.3 Å². The molecule has 0 saturated heterocycles. The van der Waals surface area contributed by atoms with Crippen LogP contribution in [0.1, 0.15) is 31.8 Å². The largest absolute Gasteiger partial charge is 0.478 e. The van der Waals surface area contributed by atoms with E-state index in [0.717, 1.165) is 11.1 Å². The molecule has 0 radical (unpaired) electrons. The molecular formula is C26H22BrNO7. The van der Waals surface area contributed by atoms with Crippen LogP contribution in [0.3, 0.4) is 0 Å². The molecule has 0 fully saturated rings. The standard InChI is InChI=1S/C26H22BrNO7/c1-15-6-3-8-17(12-15)25(32)34-21(23(29)28-20-11-5-10-19(27)14-20)22(24(30)31)35-26(33)18-9-4-7-16(2)13-18/h3-14,21-22H,1-2H3,(H,28,29)(H,30,31)/t21-,22-/m1/s1. The number of rotatable bonds is 8. The zero-order chi connectivity index (χ0) is 25.5. The Bertz CT molecular complexity index is 1270. The smallest absolute Gasteiger partial charge is 0.349 e. The van der Waals surface area contributed by atoms with Gasteiger partial charge < -0.3 is 19.9 Å². The fourth-order valence-corrected chi connectivity index (χ4v) is 3.58.